The minimum absolute atomic E-state index is 0. The molecule has 0 bridgehead atoms. The quantitative estimate of drug-likeness (QED) is 0.419. The van der Waals surface area contributed by atoms with Crippen LogP contribution in [0.1, 0.15) is 13.8 Å². The van der Waals surface area contributed by atoms with Crippen LogP contribution in [0, 0.1) is 0 Å². The normalized spacial score (nSPS) is 12.6. The molecule has 0 spiro atoms. The van der Waals surface area contributed by atoms with Crippen molar-refractivity contribution in [3.8, 4) is 0 Å². The Balaban J connectivity index is 0. The minimum Gasteiger partial charge on any atom is -0.791 e. The maximum absolute atomic E-state index is 4.78. The van der Waals surface area contributed by atoms with Crippen LogP contribution in [0.3, 0.4) is 0 Å². The summed E-state index contributed by atoms with van der Waals surface area (Å²) in [5, 5.41) is 0. The molecule has 0 aromatic rings. The maximum Gasteiger partial charge on any atom is 2.00 e. The van der Waals surface area contributed by atoms with Crippen molar-refractivity contribution in [2.75, 3.05) is 24.6 Å². The van der Waals surface area contributed by atoms with Crippen molar-refractivity contribution in [3.63, 3.8) is 0 Å². The van der Waals surface area contributed by atoms with Crippen LogP contribution in [0.25, 0.3) is 0 Å². The molecular weight excluding hydrogens is 247 g/mol. The molecule has 0 aliphatic carbocycles. The van der Waals surface area contributed by atoms with Crippen LogP contribution in [-0.2, 0) is 41.7 Å². The average molecular weight is 261 g/mol. The van der Waals surface area contributed by atoms with Gasteiger partial charge in [-0.25, -0.2) is 0 Å². The minimum atomic E-state index is 0. The van der Waals surface area contributed by atoms with Gasteiger partial charge in [0.15, 0.2) is 0 Å². The second-order valence-corrected chi connectivity index (χ2v) is 3.16. The molecule has 0 aromatic heterocycles. The molecule has 5 heteroatoms. The number of rotatable bonds is 5. The van der Waals surface area contributed by atoms with Gasteiger partial charge in [-0.1, -0.05) is 0 Å². The van der Waals surface area contributed by atoms with Crippen molar-refractivity contribution in [3.05, 3.63) is 0 Å². The Morgan fingerprint density at radius 3 is 1.46 bits per heavy atom. The van der Waals surface area contributed by atoms with E-state index in [4.69, 9.17) is 25.3 Å². The van der Waals surface area contributed by atoms with Gasteiger partial charge in [0.2, 0.25) is 0 Å². The average Bonchev–Trinajstić information content (AvgIpc) is 2.10. The van der Waals surface area contributed by atoms with Crippen LogP contribution in [0.4, 0.5) is 0 Å². The van der Waals surface area contributed by atoms with E-state index >= 15 is 0 Å². The molecule has 0 radical (unpaired) electrons. The van der Waals surface area contributed by atoms with Gasteiger partial charge in [0, 0.05) is 13.1 Å². The van der Waals surface area contributed by atoms with E-state index in [0.29, 0.717) is 24.6 Å². The molecule has 0 N–H and O–H groups in total. The number of hydrogen-bond donors (Lipinski definition) is 0. The predicted octanol–water partition coefficient (Wildman–Crippen LogP) is 1.000. The van der Waals surface area contributed by atoms with E-state index in [2.05, 4.69) is 9.98 Å². The first kappa shape index (κ1) is 16.0. The van der Waals surface area contributed by atoms with Crippen LogP contribution in [0.5, 0.6) is 0 Å². The molecule has 0 saturated carbocycles. The molecule has 0 aliphatic heterocycles. The molecule has 0 aliphatic rings. The molecule has 0 atom stereocenters. The van der Waals surface area contributed by atoms with Crippen molar-refractivity contribution in [2.45, 2.75) is 13.8 Å². The van der Waals surface area contributed by atoms with E-state index in [9.17, 15) is 0 Å². The Morgan fingerprint density at radius 2 is 1.23 bits per heavy atom. The Morgan fingerprint density at radius 1 is 0.923 bits per heavy atom. The summed E-state index contributed by atoms with van der Waals surface area (Å²) in [4.78, 5) is 8.49. The summed E-state index contributed by atoms with van der Waals surface area (Å²) in [7, 11) is 0. The first-order valence-electron chi connectivity index (χ1n) is 3.91. The Kier molecular flexibility index (Phi) is 13.0. The summed E-state index contributed by atoms with van der Waals surface area (Å²) in [6, 6.07) is 0. The van der Waals surface area contributed by atoms with E-state index in [1.165, 1.54) is 0 Å². The summed E-state index contributed by atoms with van der Waals surface area (Å²) < 4.78 is 0. The molecule has 2 nitrogen and oxygen atoms in total. The van der Waals surface area contributed by atoms with E-state index in [1.807, 2.05) is 13.8 Å². The van der Waals surface area contributed by atoms with Gasteiger partial charge in [-0.15, -0.1) is 0 Å². The molecule has 0 rings (SSSR count). The zero-order valence-electron chi connectivity index (χ0n) is 7.86. The monoisotopic (exact) mass is 260 g/mol. The molecule has 0 amide bonds. The van der Waals surface area contributed by atoms with Gasteiger partial charge >= 0.3 is 16.5 Å². The Bertz CT molecular complexity index is 161. The molecule has 0 fully saturated rings. The molecule has 0 aromatic carbocycles. The number of nitrogens with zero attached hydrogens (tertiary/aromatic N) is 2. The molecule has 0 unspecified atom stereocenters. The topological polar surface area (TPSA) is 24.7 Å². The summed E-state index contributed by atoms with van der Waals surface area (Å²) in [5.41, 5.74) is 1.95. The van der Waals surface area contributed by atoms with Crippen molar-refractivity contribution in [1.29, 1.82) is 0 Å². The van der Waals surface area contributed by atoms with Crippen molar-refractivity contribution in [2.24, 2.45) is 9.98 Å². The van der Waals surface area contributed by atoms with Crippen LogP contribution in [0.15, 0.2) is 9.98 Å². The van der Waals surface area contributed by atoms with Crippen molar-refractivity contribution >= 4 is 36.7 Å². The van der Waals surface area contributed by atoms with Gasteiger partial charge in [0.1, 0.15) is 0 Å². The van der Waals surface area contributed by atoms with Gasteiger partial charge in [0.05, 0.1) is 11.4 Å². The third kappa shape index (κ3) is 8.85. The zero-order chi connectivity index (χ0) is 9.40. The molecular formula is C8H14N2NiS2. The summed E-state index contributed by atoms with van der Waals surface area (Å²) in [6.07, 6.45) is 0. The third-order valence-corrected chi connectivity index (χ3v) is 1.77. The standard InChI is InChI=1S/C8H16N2S2.Ni/c1-7(9-3-5-11)8(2)10-4-6-12;/h11-12H,3-6H2,1-2H3;/q;+2/p-2. The Labute approximate surface area is 101 Å². The molecule has 0 heterocycles. The smallest absolute Gasteiger partial charge is 0.791 e. The molecule has 13 heavy (non-hydrogen) atoms. The largest absolute Gasteiger partial charge is 2.00 e. The fourth-order valence-electron chi connectivity index (χ4n) is 0.656. The first-order valence-corrected chi connectivity index (χ1v) is 5.06. The fourth-order valence-corrected chi connectivity index (χ4v) is 0.838. The van der Waals surface area contributed by atoms with E-state index in [1.54, 1.807) is 0 Å². The van der Waals surface area contributed by atoms with Gasteiger partial charge < -0.3 is 25.3 Å². The number of hydrogen-bond acceptors (Lipinski definition) is 4. The number of aliphatic imine (C=N–C) groups is 2. The van der Waals surface area contributed by atoms with Crippen LogP contribution in [-0.4, -0.2) is 36.0 Å². The van der Waals surface area contributed by atoms with Gasteiger partial charge in [-0.2, -0.15) is 11.5 Å². The molecule has 78 valence electrons. The van der Waals surface area contributed by atoms with Gasteiger partial charge in [0.25, 0.3) is 0 Å². The van der Waals surface area contributed by atoms with Gasteiger partial charge in [-0.05, 0) is 13.8 Å². The SMILES string of the molecule is CC(=NCC[S-])C(C)=NCC[S-].[Ni+2]. The zero-order valence-corrected chi connectivity index (χ0v) is 10.5. The maximum atomic E-state index is 4.78. The van der Waals surface area contributed by atoms with Gasteiger partial charge in [-0.3, -0.25) is 9.98 Å². The van der Waals surface area contributed by atoms with E-state index < -0.39 is 0 Å². The summed E-state index contributed by atoms with van der Waals surface area (Å²) >= 11 is 9.56. The van der Waals surface area contributed by atoms with Crippen molar-refractivity contribution < 1.29 is 16.5 Å². The summed E-state index contributed by atoms with van der Waals surface area (Å²) in [6.45, 7) is 5.32. The Hall–Kier alpha value is 0.534. The summed E-state index contributed by atoms with van der Waals surface area (Å²) in [5.74, 6) is 1.34. The predicted molar refractivity (Wildman–Crippen MR) is 60.4 cm³/mol. The first-order chi connectivity index (χ1) is 5.72. The second-order valence-electron chi connectivity index (χ2n) is 2.34. The van der Waals surface area contributed by atoms with Crippen LogP contribution >= 0.6 is 0 Å². The van der Waals surface area contributed by atoms with Crippen LogP contribution < -0.4 is 0 Å². The third-order valence-electron chi connectivity index (χ3n) is 1.40. The van der Waals surface area contributed by atoms with Crippen molar-refractivity contribution in [1.82, 2.24) is 0 Å². The van der Waals surface area contributed by atoms with E-state index in [-0.39, 0.29) is 16.5 Å². The fraction of sp³-hybridized carbons (Fsp3) is 0.750. The second kappa shape index (κ2) is 10.6. The van der Waals surface area contributed by atoms with E-state index in [0.717, 1.165) is 11.4 Å². The molecule has 0 saturated heterocycles. The van der Waals surface area contributed by atoms with Crippen LogP contribution in [0.2, 0.25) is 0 Å².